The Morgan fingerprint density at radius 1 is 0.960 bits per heavy atom. The van der Waals surface area contributed by atoms with Crippen LogP contribution in [-0.4, -0.2) is 20.3 Å². The SMILES string of the molecule is O=C(C=Cc1ccc(-n2cnc3ccccc32)cc1)c1cccnc1. The van der Waals surface area contributed by atoms with Gasteiger partial charge in [-0.2, -0.15) is 0 Å². The minimum absolute atomic E-state index is 0.0576. The Hall–Kier alpha value is -3.53. The van der Waals surface area contributed by atoms with Crippen LogP contribution >= 0.6 is 0 Å². The minimum Gasteiger partial charge on any atom is -0.299 e. The molecular weight excluding hydrogens is 310 g/mol. The van der Waals surface area contributed by atoms with E-state index in [-0.39, 0.29) is 5.78 Å². The highest BCUT2D eigenvalue weighted by atomic mass is 16.1. The number of hydrogen-bond donors (Lipinski definition) is 0. The largest absolute Gasteiger partial charge is 0.299 e. The Morgan fingerprint density at radius 2 is 1.80 bits per heavy atom. The highest BCUT2D eigenvalue weighted by Crippen LogP contribution is 2.18. The summed E-state index contributed by atoms with van der Waals surface area (Å²) in [6, 6.07) is 19.5. The molecule has 0 saturated heterocycles. The molecule has 2 aromatic heterocycles. The van der Waals surface area contributed by atoms with Gasteiger partial charge >= 0.3 is 0 Å². The summed E-state index contributed by atoms with van der Waals surface area (Å²) >= 11 is 0. The van der Waals surface area contributed by atoms with Gasteiger partial charge < -0.3 is 0 Å². The fraction of sp³-hybridized carbons (Fsp3) is 0. The molecule has 0 bridgehead atoms. The van der Waals surface area contributed by atoms with Gasteiger partial charge in [0.05, 0.1) is 11.0 Å². The van der Waals surface area contributed by atoms with E-state index in [0.717, 1.165) is 22.3 Å². The molecule has 2 heterocycles. The summed E-state index contributed by atoms with van der Waals surface area (Å²) in [5.41, 5.74) is 4.61. The van der Waals surface area contributed by atoms with Crippen molar-refractivity contribution in [3.8, 4) is 5.69 Å². The lowest BCUT2D eigenvalue weighted by molar-refractivity contribution is 0.104. The third-order valence-electron chi connectivity index (χ3n) is 4.00. The molecule has 0 amide bonds. The third-order valence-corrected chi connectivity index (χ3v) is 4.00. The minimum atomic E-state index is -0.0576. The topological polar surface area (TPSA) is 47.8 Å². The van der Waals surface area contributed by atoms with Crippen molar-refractivity contribution >= 4 is 22.9 Å². The van der Waals surface area contributed by atoms with Crippen LogP contribution in [-0.2, 0) is 0 Å². The summed E-state index contributed by atoms with van der Waals surface area (Å²) in [5, 5.41) is 0. The number of rotatable bonds is 4. The molecule has 2 aromatic carbocycles. The molecule has 25 heavy (non-hydrogen) atoms. The summed E-state index contributed by atoms with van der Waals surface area (Å²) in [4.78, 5) is 20.5. The van der Waals surface area contributed by atoms with Gasteiger partial charge in [-0.05, 0) is 48.0 Å². The molecule has 4 heteroatoms. The number of hydrogen-bond acceptors (Lipinski definition) is 3. The van der Waals surface area contributed by atoms with Gasteiger partial charge in [-0.25, -0.2) is 4.98 Å². The molecule has 0 saturated carbocycles. The van der Waals surface area contributed by atoms with Gasteiger partial charge in [0, 0.05) is 23.6 Å². The van der Waals surface area contributed by atoms with E-state index in [1.807, 2.05) is 65.5 Å². The first-order chi connectivity index (χ1) is 12.3. The fourth-order valence-corrected chi connectivity index (χ4v) is 2.69. The van der Waals surface area contributed by atoms with Crippen LogP contribution in [0.15, 0.2) is 85.5 Å². The van der Waals surface area contributed by atoms with Gasteiger partial charge in [0.25, 0.3) is 0 Å². The first-order valence-electron chi connectivity index (χ1n) is 7.96. The van der Waals surface area contributed by atoms with Crippen LogP contribution in [0.25, 0.3) is 22.8 Å². The van der Waals surface area contributed by atoms with E-state index < -0.39 is 0 Å². The second kappa shape index (κ2) is 6.53. The van der Waals surface area contributed by atoms with Crippen LogP contribution in [0.2, 0.25) is 0 Å². The Bertz CT molecular complexity index is 1050. The smallest absolute Gasteiger partial charge is 0.187 e. The van der Waals surface area contributed by atoms with Crippen molar-refractivity contribution in [3.05, 3.63) is 96.6 Å². The Morgan fingerprint density at radius 3 is 2.60 bits per heavy atom. The van der Waals surface area contributed by atoms with Crippen molar-refractivity contribution < 1.29 is 4.79 Å². The second-order valence-corrected chi connectivity index (χ2v) is 5.63. The molecule has 0 aliphatic rings. The van der Waals surface area contributed by atoms with Gasteiger partial charge in [-0.15, -0.1) is 0 Å². The first kappa shape index (κ1) is 15.0. The number of carbonyl (C=O) groups excluding carboxylic acids is 1. The molecule has 0 aliphatic heterocycles. The van der Waals surface area contributed by atoms with E-state index in [1.54, 1.807) is 30.6 Å². The molecule has 0 fully saturated rings. The fourth-order valence-electron chi connectivity index (χ4n) is 2.69. The van der Waals surface area contributed by atoms with Gasteiger partial charge in [-0.1, -0.05) is 30.3 Å². The number of aromatic nitrogens is 3. The average molecular weight is 325 g/mol. The molecule has 4 nitrogen and oxygen atoms in total. The maximum Gasteiger partial charge on any atom is 0.187 e. The summed E-state index contributed by atoms with van der Waals surface area (Å²) in [5.74, 6) is -0.0576. The van der Waals surface area contributed by atoms with Crippen LogP contribution in [0.4, 0.5) is 0 Å². The number of carbonyl (C=O) groups is 1. The highest BCUT2D eigenvalue weighted by molar-refractivity contribution is 6.06. The maximum absolute atomic E-state index is 12.1. The second-order valence-electron chi connectivity index (χ2n) is 5.63. The average Bonchev–Trinajstić information content (AvgIpc) is 3.11. The van der Waals surface area contributed by atoms with Crippen molar-refractivity contribution in [3.63, 3.8) is 0 Å². The van der Waals surface area contributed by atoms with Crippen LogP contribution in [0, 0.1) is 0 Å². The van der Waals surface area contributed by atoms with Crippen molar-refractivity contribution in [2.45, 2.75) is 0 Å². The van der Waals surface area contributed by atoms with Crippen molar-refractivity contribution in [1.29, 1.82) is 0 Å². The summed E-state index contributed by atoms with van der Waals surface area (Å²) in [7, 11) is 0. The van der Waals surface area contributed by atoms with E-state index in [4.69, 9.17) is 0 Å². The van der Waals surface area contributed by atoms with Crippen LogP contribution < -0.4 is 0 Å². The molecule has 4 rings (SSSR count). The molecule has 0 atom stereocenters. The lowest BCUT2D eigenvalue weighted by Gasteiger charge is -2.04. The first-order valence-corrected chi connectivity index (χ1v) is 7.96. The predicted octanol–water partition coefficient (Wildman–Crippen LogP) is 4.32. The molecule has 0 unspecified atom stereocenters. The normalized spacial score (nSPS) is 11.2. The Balaban J connectivity index is 1.56. The van der Waals surface area contributed by atoms with Gasteiger partial charge in [0.15, 0.2) is 5.78 Å². The number of para-hydroxylation sites is 2. The third kappa shape index (κ3) is 3.10. The molecule has 120 valence electrons. The van der Waals surface area contributed by atoms with Crippen molar-refractivity contribution in [2.75, 3.05) is 0 Å². The number of fused-ring (bicyclic) bond motifs is 1. The number of pyridine rings is 1. The lowest BCUT2D eigenvalue weighted by Crippen LogP contribution is -1.94. The standard InChI is InChI=1S/C21H15N3O/c25-21(17-4-3-13-22-14-17)12-9-16-7-10-18(11-8-16)24-15-23-19-5-1-2-6-20(19)24/h1-15H. The summed E-state index contributed by atoms with van der Waals surface area (Å²) < 4.78 is 2.05. The number of ketones is 1. The van der Waals surface area contributed by atoms with E-state index in [2.05, 4.69) is 9.97 Å². The van der Waals surface area contributed by atoms with E-state index >= 15 is 0 Å². The molecule has 0 radical (unpaired) electrons. The van der Waals surface area contributed by atoms with Crippen molar-refractivity contribution in [1.82, 2.24) is 14.5 Å². The number of allylic oxidation sites excluding steroid dienone is 1. The Kier molecular flexibility index (Phi) is 3.92. The highest BCUT2D eigenvalue weighted by Gasteiger charge is 2.04. The predicted molar refractivity (Wildman–Crippen MR) is 98.7 cm³/mol. The van der Waals surface area contributed by atoms with E-state index in [1.165, 1.54) is 0 Å². The lowest BCUT2D eigenvalue weighted by atomic mass is 10.1. The Labute approximate surface area is 145 Å². The molecule has 4 aromatic rings. The van der Waals surface area contributed by atoms with Crippen LogP contribution in [0.3, 0.4) is 0 Å². The maximum atomic E-state index is 12.1. The zero-order chi connectivity index (χ0) is 17.1. The van der Waals surface area contributed by atoms with Gasteiger partial charge in [0.1, 0.15) is 6.33 Å². The molecule has 0 spiro atoms. The monoisotopic (exact) mass is 325 g/mol. The van der Waals surface area contributed by atoms with Crippen molar-refractivity contribution in [2.24, 2.45) is 0 Å². The summed E-state index contributed by atoms with van der Waals surface area (Å²) in [6.07, 6.45) is 8.42. The molecule has 0 N–H and O–H groups in total. The quantitative estimate of drug-likeness (QED) is 0.415. The van der Waals surface area contributed by atoms with Gasteiger partial charge in [-0.3, -0.25) is 14.3 Å². The molecule has 0 aliphatic carbocycles. The number of imidazole rings is 1. The van der Waals surface area contributed by atoms with E-state index in [9.17, 15) is 4.79 Å². The summed E-state index contributed by atoms with van der Waals surface area (Å²) in [6.45, 7) is 0. The van der Waals surface area contributed by atoms with Crippen LogP contribution in [0.1, 0.15) is 15.9 Å². The zero-order valence-electron chi connectivity index (χ0n) is 13.4. The van der Waals surface area contributed by atoms with Crippen LogP contribution in [0.5, 0.6) is 0 Å². The van der Waals surface area contributed by atoms with E-state index in [0.29, 0.717) is 5.56 Å². The van der Waals surface area contributed by atoms with Gasteiger partial charge in [0.2, 0.25) is 0 Å². The number of nitrogens with zero attached hydrogens (tertiary/aromatic N) is 3. The zero-order valence-corrected chi connectivity index (χ0v) is 13.4. The molecular formula is C21H15N3O. The number of benzene rings is 2.